The molecule has 1 aliphatic heterocycles. The molecule has 0 aromatic carbocycles. The highest BCUT2D eigenvalue weighted by Gasteiger charge is 2.38. The summed E-state index contributed by atoms with van der Waals surface area (Å²) in [5, 5.41) is 3.29. The van der Waals surface area contributed by atoms with E-state index in [0.29, 0.717) is 12.0 Å². The lowest BCUT2D eigenvalue weighted by atomic mass is 9.80. The zero-order valence-electron chi connectivity index (χ0n) is 13.7. The van der Waals surface area contributed by atoms with Crippen LogP contribution in [0.25, 0.3) is 0 Å². The molecule has 0 amide bonds. The van der Waals surface area contributed by atoms with E-state index >= 15 is 0 Å². The first-order chi connectivity index (χ1) is 10.2. The molecule has 1 aliphatic carbocycles. The number of nitrogens with zero attached hydrogens (tertiary/aromatic N) is 2. The fourth-order valence-corrected chi connectivity index (χ4v) is 4.36. The maximum atomic E-state index is 6.07. The third-order valence-electron chi connectivity index (χ3n) is 5.02. The van der Waals surface area contributed by atoms with Gasteiger partial charge in [0.1, 0.15) is 0 Å². The van der Waals surface area contributed by atoms with E-state index < -0.39 is 0 Å². The lowest BCUT2D eigenvalue weighted by Crippen LogP contribution is -2.55. The predicted molar refractivity (Wildman–Crippen MR) is 94.1 cm³/mol. The monoisotopic (exact) mass is 312 g/mol. The molecule has 1 unspecified atom stereocenters. The molecule has 1 saturated heterocycles. The Morgan fingerprint density at radius 1 is 1.29 bits per heavy atom. The van der Waals surface area contributed by atoms with Crippen molar-refractivity contribution >= 4 is 17.7 Å². The SMILES string of the molecule is CCC(C)NC(N)=NCC1(N2CCSCC2)CCCCC1. The van der Waals surface area contributed by atoms with Crippen LogP contribution in [0.4, 0.5) is 0 Å². The van der Waals surface area contributed by atoms with Gasteiger partial charge in [0.25, 0.3) is 0 Å². The van der Waals surface area contributed by atoms with Gasteiger partial charge in [0.15, 0.2) is 5.96 Å². The zero-order chi connectivity index (χ0) is 15.1. The predicted octanol–water partition coefficient (Wildman–Crippen LogP) is 2.44. The fourth-order valence-electron chi connectivity index (χ4n) is 3.45. The molecule has 21 heavy (non-hydrogen) atoms. The van der Waals surface area contributed by atoms with Crippen LogP contribution in [0, 0.1) is 0 Å². The van der Waals surface area contributed by atoms with Crippen LogP contribution < -0.4 is 11.1 Å². The maximum absolute atomic E-state index is 6.07. The summed E-state index contributed by atoms with van der Waals surface area (Å²) in [6.07, 6.45) is 7.73. The molecule has 122 valence electrons. The van der Waals surface area contributed by atoms with E-state index in [0.717, 1.165) is 13.0 Å². The first-order valence-electron chi connectivity index (χ1n) is 8.55. The summed E-state index contributed by atoms with van der Waals surface area (Å²) in [4.78, 5) is 7.43. The first kappa shape index (κ1) is 16.9. The molecule has 2 aliphatic rings. The van der Waals surface area contributed by atoms with Crippen molar-refractivity contribution in [3.63, 3.8) is 0 Å². The zero-order valence-corrected chi connectivity index (χ0v) is 14.6. The molecule has 4 nitrogen and oxygen atoms in total. The van der Waals surface area contributed by atoms with Crippen LogP contribution in [0.3, 0.4) is 0 Å². The van der Waals surface area contributed by atoms with Crippen LogP contribution >= 0.6 is 11.8 Å². The molecule has 3 N–H and O–H groups in total. The molecule has 1 heterocycles. The topological polar surface area (TPSA) is 53.6 Å². The molecule has 0 radical (unpaired) electrons. The van der Waals surface area contributed by atoms with E-state index in [2.05, 4.69) is 35.8 Å². The second kappa shape index (κ2) is 8.28. The summed E-state index contributed by atoms with van der Waals surface area (Å²) in [6.45, 7) is 7.63. The van der Waals surface area contributed by atoms with Gasteiger partial charge >= 0.3 is 0 Å². The summed E-state index contributed by atoms with van der Waals surface area (Å²) in [5.74, 6) is 3.17. The van der Waals surface area contributed by atoms with Gasteiger partial charge < -0.3 is 11.1 Å². The standard InChI is InChI=1S/C16H32N4S/c1-3-14(2)19-15(17)18-13-16(7-5-4-6-8-16)20-9-11-21-12-10-20/h14H,3-13H2,1-2H3,(H3,17,18,19). The van der Waals surface area contributed by atoms with E-state index in [4.69, 9.17) is 10.7 Å². The molecule has 2 rings (SSSR count). The molecule has 2 fully saturated rings. The maximum Gasteiger partial charge on any atom is 0.188 e. The van der Waals surface area contributed by atoms with Gasteiger partial charge in [-0.15, -0.1) is 0 Å². The average Bonchev–Trinajstić information content (AvgIpc) is 2.54. The molecule has 0 spiro atoms. The number of aliphatic imine (C=N–C) groups is 1. The number of thioether (sulfide) groups is 1. The van der Waals surface area contributed by atoms with Crippen molar-refractivity contribution in [1.29, 1.82) is 0 Å². The lowest BCUT2D eigenvalue weighted by Gasteiger charge is -2.47. The number of guanidine groups is 1. The van der Waals surface area contributed by atoms with Crippen LogP contribution in [0.5, 0.6) is 0 Å². The van der Waals surface area contributed by atoms with Gasteiger partial charge in [0, 0.05) is 36.2 Å². The van der Waals surface area contributed by atoms with Crippen molar-refractivity contribution in [3.8, 4) is 0 Å². The highest BCUT2D eigenvalue weighted by molar-refractivity contribution is 7.99. The Morgan fingerprint density at radius 2 is 1.95 bits per heavy atom. The minimum Gasteiger partial charge on any atom is -0.370 e. The normalized spacial score (nSPS) is 25.5. The van der Waals surface area contributed by atoms with Gasteiger partial charge in [-0.25, -0.2) is 0 Å². The van der Waals surface area contributed by atoms with E-state index in [9.17, 15) is 0 Å². The molecule has 0 bridgehead atoms. The number of rotatable bonds is 5. The highest BCUT2D eigenvalue weighted by atomic mass is 32.2. The van der Waals surface area contributed by atoms with Crippen molar-refractivity contribution in [3.05, 3.63) is 0 Å². The third-order valence-corrected chi connectivity index (χ3v) is 5.96. The summed E-state index contributed by atoms with van der Waals surface area (Å²) >= 11 is 2.08. The second-order valence-electron chi connectivity index (χ2n) is 6.54. The van der Waals surface area contributed by atoms with E-state index in [1.165, 1.54) is 56.7 Å². The first-order valence-corrected chi connectivity index (χ1v) is 9.71. The largest absolute Gasteiger partial charge is 0.370 e. The van der Waals surface area contributed by atoms with Gasteiger partial charge in [0.2, 0.25) is 0 Å². The number of hydrogen-bond donors (Lipinski definition) is 2. The quantitative estimate of drug-likeness (QED) is 0.605. The number of nitrogens with one attached hydrogen (secondary N) is 1. The number of nitrogens with two attached hydrogens (primary N) is 1. The van der Waals surface area contributed by atoms with Gasteiger partial charge in [0.05, 0.1) is 6.54 Å². The van der Waals surface area contributed by atoms with E-state index in [1.807, 2.05) is 0 Å². The van der Waals surface area contributed by atoms with Crippen LogP contribution in [-0.2, 0) is 0 Å². The lowest BCUT2D eigenvalue weighted by molar-refractivity contribution is 0.0672. The van der Waals surface area contributed by atoms with E-state index in [-0.39, 0.29) is 5.54 Å². The molecule has 0 aromatic rings. The van der Waals surface area contributed by atoms with Gasteiger partial charge in [-0.05, 0) is 26.2 Å². The Kier molecular flexibility index (Phi) is 6.68. The summed E-state index contributed by atoms with van der Waals surface area (Å²) in [5.41, 5.74) is 6.35. The summed E-state index contributed by atoms with van der Waals surface area (Å²) < 4.78 is 0. The van der Waals surface area contributed by atoms with Crippen molar-refractivity contribution in [2.75, 3.05) is 31.1 Å². The Balaban J connectivity index is 2.00. The number of hydrogen-bond acceptors (Lipinski definition) is 3. The van der Waals surface area contributed by atoms with Crippen LogP contribution in [0.2, 0.25) is 0 Å². The minimum absolute atomic E-state index is 0.279. The van der Waals surface area contributed by atoms with Crippen molar-refractivity contribution in [1.82, 2.24) is 10.2 Å². The van der Waals surface area contributed by atoms with Crippen molar-refractivity contribution < 1.29 is 0 Å². The smallest absolute Gasteiger partial charge is 0.188 e. The van der Waals surface area contributed by atoms with Crippen molar-refractivity contribution in [2.45, 2.75) is 64.0 Å². The van der Waals surface area contributed by atoms with Crippen molar-refractivity contribution in [2.24, 2.45) is 10.7 Å². The average molecular weight is 313 g/mol. The fraction of sp³-hybridized carbons (Fsp3) is 0.938. The Bertz CT molecular complexity index is 333. The summed E-state index contributed by atoms with van der Waals surface area (Å²) in [7, 11) is 0. The van der Waals surface area contributed by atoms with Crippen LogP contribution in [-0.4, -0.2) is 53.6 Å². The minimum atomic E-state index is 0.279. The van der Waals surface area contributed by atoms with Gasteiger partial charge in [-0.3, -0.25) is 9.89 Å². The highest BCUT2D eigenvalue weighted by Crippen LogP contribution is 2.35. The Morgan fingerprint density at radius 3 is 2.57 bits per heavy atom. The molecule has 1 saturated carbocycles. The van der Waals surface area contributed by atoms with Crippen LogP contribution in [0.15, 0.2) is 4.99 Å². The Labute approximate surface area is 134 Å². The van der Waals surface area contributed by atoms with Crippen LogP contribution in [0.1, 0.15) is 52.4 Å². The van der Waals surface area contributed by atoms with E-state index in [1.54, 1.807) is 0 Å². The molecule has 1 atom stereocenters. The second-order valence-corrected chi connectivity index (χ2v) is 7.76. The molecule has 5 heteroatoms. The third kappa shape index (κ3) is 4.78. The molecular weight excluding hydrogens is 280 g/mol. The summed E-state index contributed by atoms with van der Waals surface area (Å²) in [6, 6.07) is 0.405. The van der Waals surface area contributed by atoms with Gasteiger partial charge in [-0.2, -0.15) is 11.8 Å². The molecule has 0 aromatic heterocycles. The van der Waals surface area contributed by atoms with Gasteiger partial charge in [-0.1, -0.05) is 26.2 Å². The molecular formula is C16H32N4S. The Hall–Kier alpha value is -0.420.